The first-order valence-electron chi connectivity index (χ1n) is 10.5. The van der Waals surface area contributed by atoms with Crippen LogP contribution in [0.4, 0.5) is 5.69 Å². The summed E-state index contributed by atoms with van der Waals surface area (Å²) in [6.07, 6.45) is 3.99. The molecule has 3 rings (SSSR count). The van der Waals surface area contributed by atoms with Gasteiger partial charge in [-0.2, -0.15) is 0 Å². The zero-order chi connectivity index (χ0) is 21.6. The van der Waals surface area contributed by atoms with Gasteiger partial charge in [-0.15, -0.1) is 0 Å². The van der Waals surface area contributed by atoms with Crippen LogP contribution >= 0.6 is 0 Å². The second-order valence-electron chi connectivity index (χ2n) is 7.79. The molecule has 0 aliphatic carbocycles. The minimum absolute atomic E-state index is 0.289. The van der Waals surface area contributed by atoms with E-state index in [1.807, 2.05) is 31.2 Å². The van der Waals surface area contributed by atoms with Crippen molar-refractivity contribution in [3.8, 4) is 0 Å². The largest absolute Gasteiger partial charge is 0.350 e. The molecular formula is C23H31N3O3S. The average molecular weight is 430 g/mol. The molecule has 2 aromatic carbocycles. The molecule has 1 aliphatic rings. The van der Waals surface area contributed by atoms with Crippen molar-refractivity contribution in [2.45, 2.75) is 45.3 Å². The number of carbonyl (C=O) groups is 1. The van der Waals surface area contributed by atoms with Crippen molar-refractivity contribution in [1.82, 2.24) is 10.2 Å². The smallest absolute Gasteiger partial charge is 0.244 e. The maximum Gasteiger partial charge on any atom is 0.244 e. The number of amides is 1. The second-order valence-corrected chi connectivity index (χ2v) is 9.65. The van der Waals surface area contributed by atoms with E-state index in [-0.39, 0.29) is 5.91 Å². The van der Waals surface area contributed by atoms with E-state index in [2.05, 4.69) is 16.3 Å². The van der Waals surface area contributed by atoms with Crippen LogP contribution in [-0.2, 0) is 27.9 Å². The fourth-order valence-electron chi connectivity index (χ4n) is 4.00. The van der Waals surface area contributed by atoms with Crippen molar-refractivity contribution in [2.24, 2.45) is 0 Å². The molecule has 1 aliphatic heterocycles. The summed E-state index contributed by atoms with van der Waals surface area (Å²) >= 11 is 0. The van der Waals surface area contributed by atoms with Crippen LogP contribution in [0.25, 0.3) is 0 Å². The maximum absolute atomic E-state index is 13.0. The van der Waals surface area contributed by atoms with E-state index in [0.717, 1.165) is 31.5 Å². The summed E-state index contributed by atoms with van der Waals surface area (Å²) in [6.45, 7) is 5.30. The maximum atomic E-state index is 13.0. The predicted molar refractivity (Wildman–Crippen MR) is 121 cm³/mol. The molecule has 1 atom stereocenters. The van der Waals surface area contributed by atoms with Gasteiger partial charge in [-0.25, -0.2) is 8.42 Å². The summed E-state index contributed by atoms with van der Waals surface area (Å²) in [6, 6.07) is 16.1. The second kappa shape index (κ2) is 10.1. The number of hydrogen-bond acceptors (Lipinski definition) is 4. The van der Waals surface area contributed by atoms with Crippen LogP contribution in [0.1, 0.15) is 37.3 Å². The van der Waals surface area contributed by atoms with E-state index < -0.39 is 16.1 Å². The molecule has 1 amide bonds. The Labute approximate surface area is 179 Å². The van der Waals surface area contributed by atoms with E-state index in [9.17, 15) is 13.2 Å². The number of anilines is 1. The summed E-state index contributed by atoms with van der Waals surface area (Å²) in [7, 11) is -3.62. The minimum atomic E-state index is -3.62. The number of sulfonamides is 1. The Morgan fingerprint density at radius 3 is 2.23 bits per heavy atom. The molecule has 1 saturated heterocycles. The first kappa shape index (κ1) is 22.3. The molecular weight excluding hydrogens is 398 g/mol. The highest BCUT2D eigenvalue weighted by Gasteiger charge is 2.31. The lowest BCUT2D eigenvalue weighted by atomic mass is 10.1. The topological polar surface area (TPSA) is 69.7 Å². The third-order valence-electron chi connectivity index (χ3n) is 5.50. The van der Waals surface area contributed by atoms with Crippen LogP contribution in [-0.4, -0.2) is 44.6 Å². The summed E-state index contributed by atoms with van der Waals surface area (Å²) in [5, 5.41) is 2.97. The lowest BCUT2D eigenvalue weighted by Gasteiger charge is -2.30. The van der Waals surface area contributed by atoms with Crippen LogP contribution in [0, 0.1) is 0 Å². The van der Waals surface area contributed by atoms with E-state index in [1.165, 1.54) is 22.7 Å². The fourth-order valence-corrected chi connectivity index (χ4v) is 5.21. The average Bonchev–Trinajstić information content (AvgIpc) is 3.24. The first-order valence-corrected chi connectivity index (χ1v) is 12.4. The highest BCUT2D eigenvalue weighted by Crippen LogP contribution is 2.22. The number of nitrogens with one attached hydrogen (secondary N) is 1. The normalized spacial score (nSPS) is 15.7. The van der Waals surface area contributed by atoms with Gasteiger partial charge in [0.15, 0.2) is 0 Å². The van der Waals surface area contributed by atoms with Crippen molar-refractivity contribution in [3.63, 3.8) is 0 Å². The monoisotopic (exact) mass is 429 g/mol. The Morgan fingerprint density at radius 2 is 1.63 bits per heavy atom. The van der Waals surface area contributed by atoms with Gasteiger partial charge in [-0.1, -0.05) is 49.4 Å². The van der Waals surface area contributed by atoms with Gasteiger partial charge in [-0.3, -0.25) is 14.0 Å². The van der Waals surface area contributed by atoms with Gasteiger partial charge in [-0.05, 0) is 55.6 Å². The molecule has 0 unspecified atom stereocenters. The molecule has 1 fully saturated rings. The summed E-state index contributed by atoms with van der Waals surface area (Å²) < 4.78 is 26.2. The molecule has 7 heteroatoms. The van der Waals surface area contributed by atoms with Gasteiger partial charge >= 0.3 is 0 Å². The van der Waals surface area contributed by atoms with E-state index in [0.29, 0.717) is 18.7 Å². The van der Waals surface area contributed by atoms with Gasteiger partial charge in [0.25, 0.3) is 0 Å². The van der Waals surface area contributed by atoms with E-state index >= 15 is 0 Å². The van der Waals surface area contributed by atoms with Gasteiger partial charge in [0.05, 0.1) is 11.9 Å². The SMILES string of the molecule is CC[C@H](C(=O)NCc1ccccc1CN1CCCC1)N(c1ccccc1)S(C)(=O)=O. The van der Waals surface area contributed by atoms with Crippen LogP contribution in [0.15, 0.2) is 54.6 Å². The summed E-state index contributed by atoms with van der Waals surface area (Å²) in [5.41, 5.74) is 2.77. The Kier molecular flexibility index (Phi) is 7.50. The lowest BCUT2D eigenvalue weighted by Crippen LogP contribution is -2.49. The Bertz CT molecular complexity index is 941. The number of hydrogen-bond donors (Lipinski definition) is 1. The number of benzene rings is 2. The third-order valence-corrected chi connectivity index (χ3v) is 6.68. The number of rotatable bonds is 9. The van der Waals surface area contributed by atoms with Gasteiger partial charge in [0.2, 0.25) is 15.9 Å². The molecule has 0 radical (unpaired) electrons. The Balaban J connectivity index is 1.74. The van der Waals surface area contributed by atoms with Crippen molar-refractivity contribution in [3.05, 3.63) is 65.7 Å². The van der Waals surface area contributed by atoms with Gasteiger partial charge < -0.3 is 5.32 Å². The third kappa shape index (κ3) is 5.61. The molecule has 0 saturated carbocycles. The molecule has 1 heterocycles. The van der Waals surface area contributed by atoms with Crippen LogP contribution < -0.4 is 9.62 Å². The van der Waals surface area contributed by atoms with Crippen LogP contribution in [0.5, 0.6) is 0 Å². The Morgan fingerprint density at radius 1 is 1.03 bits per heavy atom. The Hall–Kier alpha value is -2.38. The van der Waals surface area contributed by atoms with E-state index in [1.54, 1.807) is 24.3 Å². The molecule has 30 heavy (non-hydrogen) atoms. The zero-order valence-electron chi connectivity index (χ0n) is 17.8. The lowest BCUT2D eigenvalue weighted by molar-refractivity contribution is -0.122. The molecule has 0 spiro atoms. The van der Waals surface area contributed by atoms with Crippen LogP contribution in [0.3, 0.4) is 0 Å². The van der Waals surface area contributed by atoms with Crippen molar-refractivity contribution < 1.29 is 13.2 Å². The fraction of sp³-hybridized carbons (Fsp3) is 0.435. The minimum Gasteiger partial charge on any atom is -0.350 e. The number of carbonyl (C=O) groups excluding carboxylic acids is 1. The zero-order valence-corrected chi connectivity index (χ0v) is 18.6. The number of para-hydroxylation sites is 1. The predicted octanol–water partition coefficient (Wildman–Crippen LogP) is 3.14. The van der Waals surface area contributed by atoms with Gasteiger partial charge in [0, 0.05) is 13.1 Å². The van der Waals surface area contributed by atoms with Gasteiger partial charge in [0.1, 0.15) is 6.04 Å². The molecule has 6 nitrogen and oxygen atoms in total. The molecule has 162 valence electrons. The number of nitrogens with zero attached hydrogens (tertiary/aromatic N) is 2. The van der Waals surface area contributed by atoms with Crippen molar-refractivity contribution in [2.75, 3.05) is 23.7 Å². The summed E-state index contributed by atoms with van der Waals surface area (Å²) in [4.78, 5) is 15.5. The number of likely N-dealkylation sites (tertiary alicyclic amines) is 1. The van der Waals surface area contributed by atoms with Crippen molar-refractivity contribution in [1.29, 1.82) is 0 Å². The highest BCUT2D eigenvalue weighted by molar-refractivity contribution is 7.92. The molecule has 1 N–H and O–H groups in total. The van der Waals surface area contributed by atoms with Crippen molar-refractivity contribution >= 4 is 21.6 Å². The molecule has 0 aromatic heterocycles. The first-order chi connectivity index (χ1) is 14.4. The molecule has 0 bridgehead atoms. The quantitative estimate of drug-likeness (QED) is 0.665. The van der Waals surface area contributed by atoms with E-state index in [4.69, 9.17) is 0 Å². The standard InChI is InChI=1S/C23H31N3O3S/c1-3-22(26(30(2,28)29)21-13-5-4-6-14-21)23(27)24-17-19-11-7-8-12-20(19)18-25-15-9-10-16-25/h4-8,11-14,22H,3,9-10,15-18H2,1-2H3,(H,24,27)/t22-/m1/s1. The summed E-state index contributed by atoms with van der Waals surface area (Å²) in [5.74, 6) is -0.289. The molecule has 2 aromatic rings. The van der Waals surface area contributed by atoms with Crippen LogP contribution in [0.2, 0.25) is 0 Å². The highest BCUT2D eigenvalue weighted by atomic mass is 32.2.